The Morgan fingerprint density at radius 3 is 3.00 bits per heavy atom. The largest absolute Gasteiger partial charge is 0.459 e. The lowest BCUT2D eigenvalue weighted by atomic mass is 9.66. The highest BCUT2D eigenvalue weighted by atomic mass is 16.5. The second-order valence-corrected chi connectivity index (χ2v) is 7.98. The van der Waals surface area contributed by atoms with E-state index in [0.717, 1.165) is 44.3 Å². The minimum Gasteiger partial charge on any atom is -0.459 e. The van der Waals surface area contributed by atoms with Gasteiger partial charge in [0, 0.05) is 23.0 Å². The molecule has 3 aliphatic heterocycles. The van der Waals surface area contributed by atoms with E-state index in [1.807, 2.05) is 6.07 Å². The van der Waals surface area contributed by atoms with Gasteiger partial charge in [0.1, 0.15) is 12.3 Å². The first-order valence-corrected chi connectivity index (χ1v) is 10.1. The third-order valence-corrected chi connectivity index (χ3v) is 6.78. The number of aliphatic hydroxyl groups is 1. The lowest BCUT2D eigenvalue weighted by molar-refractivity contribution is -0.138. The Bertz CT molecular complexity index is 944. The van der Waals surface area contributed by atoms with E-state index in [1.165, 1.54) is 16.6 Å². The summed E-state index contributed by atoms with van der Waals surface area (Å²) in [5.41, 5.74) is 4.38. The van der Waals surface area contributed by atoms with Crippen molar-refractivity contribution < 1.29 is 14.6 Å². The van der Waals surface area contributed by atoms with E-state index in [2.05, 4.69) is 40.7 Å². The zero-order chi connectivity index (χ0) is 18.6. The molecule has 2 atom stereocenters. The van der Waals surface area contributed by atoms with Gasteiger partial charge in [-0.2, -0.15) is 0 Å². The van der Waals surface area contributed by atoms with E-state index in [-0.39, 0.29) is 24.6 Å². The zero-order valence-corrected chi connectivity index (χ0v) is 15.8. The Balaban J connectivity index is 1.79. The Labute approximate surface area is 159 Å². The maximum Gasteiger partial charge on any atom is 0.355 e. The van der Waals surface area contributed by atoms with Gasteiger partial charge in [0.15, 0.2) is 0 Å². The molecular weight excluding hydrogens is 340 g/mol. The van der Waals surface area contributed by atoms with Crippen LogP contribution in [-0.2, 0) is 16.0 Å². The van der Waals surface area contributed by atoms with Crippen LogP contribution in [0.5, 0.6) is 0 Å². The van der Waals surface area contributed by atoms with Gasteiger partial charge in [-0.15, -0.1) is 0 Å². The number of rotatable bonds is 4. The van der Waals surface area contributed by atoms with Crippen LogP contribution in [0.1, 0.15) is 43.5 Å². The summed E-state index contributed by atoms with van der Waals surface area (Å²) >= 11 is 0. The van der Waals surface area contributed by atoms with Gasteiger partial charge in [0.25, 0.3) is 0 Å². The SMILES string of the molecule is CC[C@@]12C=C(C(=O)OCCO)n3c4c(c5ccccc53)CCN(CCC1)[C@H]42. The van der Waals surface area contributed by atoms with Crippen molar-refractivity contribution in [3.8, 4) is 0 Å². The fourth-order valence-corrected chi connectivity index (χ4v) is 5.64. The number of nitrogens with zero attached hydrogens (tertiary/aromatic N) is 2. The second-order valence-electron chi connectivity index (χ2n) is 7.98. The molecule has 0 spiro atoms. The summed E-state index contributed by atoms with van der Waals surface area (Å²) in [4.78, 5) is 15.6. The van der Waals surface area contributed by atoms with E-state index in [1.54, 1.807) is 0 Å². The van der Waals surface area contributed by atoms with Crippen LogP contribution in [-0.4, -0.2) is 46.8 Å². The molecule has 2 aromatic rings. The number of aromatic nitrogens is 1. The number of carbonyl (C=O) groups is 1. The summed E-state index contributed by atoms with van der Waals surface area (Å²) in [5.74, 6) is -0.332. The molecule has 0 aliphatic carbocycles. The van der Waals surface area contributed by atoms with Gasteiger partial charge in [-0.05, 0) is 49.9 Å². The minimum absolute atomic E-state index is 0.0225. The van der Waals surface area contributed by atoms with Crippen LogP contribution in [0.2, 0.25) is 0 Å². The standard InChI is InChI=1S/C22H26N2O3/c1-2-22-9-5-10-23-11-8-16-15-6-3-4-7-17(15)24(19(16)20(22)23)18(14-22)21(26)27-13-12-25/h3-4,6-7,14,20,25H,2,5,8-13H2,1H3/t20-,22+/m1/s1. The predicted octanol–water partition coefficient (Wildman–Crippen LogP) is 3.12. The summed E-state index contributed by atoms with van der Waals surface area (Å²) in [6.45, 7) is 4.34. The topological polar surface area (TPSA) is 54.7 Å². The zero-order valence-electron chi connectivity index (χ0n) is 15.8. The molecule has 0 unspecified atom stereocenters. The monoisotopic (exact) mass is 366 g/mol. The van der Waals surface area contributed by atoms with Gasteiger partial charge < -0.3 is 14.4 Å². The van der Waals surface area contributed by atoms with Crippen molar-refractivity contribution in [3.05, 3.63) is 41.6 Å². The van der Waals surface area contributed by atoms with Crippen LogP contribution in [0.25, 0.3) is 16.6 Å². The fraction of sp³-hybridized carbons (Fsp3) is 0.500. The van der Waals surface area contributed by atoms with Gasteiger partial charge in [0.2, 0.25) is 0 Å². The Morgan fingerprint density at radius 2 is 2.19 bits per heavy atom. The molecule has 27 heavy (non-hydrogen) atoms. The van der Waals surface area contributed by atoms with E-state index in [0.29, 0.717) is 11.7 Å². The number of para-hydroxylation sites is 1. The van der Waals surface area contributed by atoms with E-state index >= 15 is 0 Å². The number of aliphatic hydroxyl groups excluding tert-OH is 1. The van der Waals surface area contributed by atoms with Crippen molar-refractivity contribution in [2.75, 3.05) is 26.3 Å². The molecule has 0 bridgehead atoms. The number of piperidine rings is 1. The first-order chi connectivity index (χ1) is 13.2. The van der Waals surface area contributed by atoms with E-state index in [4.69, 9.17) is 9.84 Å². The molecule has 1 aromatic carbocycles. The smallest absolute Gasteiger partial charge is 0.355 e. The molecule has 0 saturated carbocycles. The summed E-state index contributed by atoms with van der Waals surface area (Å²) in [6, 6.07) is 8.74. The average molecular weight is 366 g/mol. The molecule has 1 N–H and O–H groups in total. The third kappa shape index (κ3) is 2.28. The molecule has 1 aromatic heterocycles. The highest BCUT2D eigenvalue weighted by Crippen LogP contribution is 2.57. The lowest BCUT2D eigenvalue weighted by Crippen LogP contribution is -2.51. The Hall–Kier alpha value is -2.11. The maximum absolute atomic E-state index is 13.0. The van der Waals surface area contributed by atoms with Crippen LogP contribution in [0.4, 0.5) is 0 Å². The molecule has 0 amide bonds. The van der Waals surface area contributed by atoms with Gasteiger partial charge in [-0.25, -0.2) is 4.79 Å². The Kier molecular flexibility index (Phi) is 3.92. The molecule has 5 nitrogen and oxygen atoms in total. The summed E-state index contributed by atoms with van der Waals surface area (Å²) in [5, 5.41) is 10.4. The van der Waals surface area contributed by atoms with E-state index in [9.17, 15) is 4.79 Å². The van der Waals surface area contributed by atoms with Crippen molar-refractivity contribution in [3.63, 3.8) is 0 Å². The number of benzene rings is 1. The second kappa shape index (κ2) is 6.21. The number of hydrogen-bond donors (Lipinski definition) is 1. The van der Waals surface area contributed by atoms with Gasteiger partial charge in [-0.3, -0.25) is 4.90 Å². The number of hydrogen-bond acceptors (Lipinski definition) is 4. The van der Waals surface area contributed by atoms with Gasteiger partial charge >= 0.3 is 5.97 Å². The number of ether oxygens (including phenoxy) is 1. The van der Waals surface area contributed by atoms with Crippen molar-refractivity contribution in [1.82, 2.24) is 9.47 Å². The van der Waals surface area contributed by atoms with Crippen LogP contribution in [0.15, 0.2) is 30.3 Å². The summed E-state index contributed by atoms with van der Waals surface area (Å²) in [6.07, 6.45) is 6.49. The number of fused-ring (bicyclic) bond motifs is 3. The quantitative estimate of drug-likeness (QED) is 0.845. The minimum atomic E-state index is -0.332. The van der Waals surface area contributed by atoms with Crippen molar-refractivity contribution >= 4 is 22.6 Å². The molecule has 3 aliphatic rings. The molecule has 1 fully saturated rings. The molecule has 4 heterocycles. The van der Waals surface area contributed by atoms with Crippen molar-refractivity contribution in [2.24, 2.45) is 5.41 Å². The first-order valence-electron chi connectivity index (χ1n) is 10.1. The van der Waals surface area contributed by atoms with E-state index < -0.39 is 0 Å². The average Bonchev–Trinajstić information content (AvgIpc) is 3.05. The van der Waals surface area contributed by atoms with Crippen molar-refractivity contribution in [1.29, 1.82) is 0 Å². The van der Waals surface area contributed by atoms with Gasteiger partial charge in [0.05, 0.1) is 18.2 Å². The maximum atomic E-state index is 13.0. The number of esters is 1. The highest BCUT2D eigenvalue weighted by Gasteiger charge is 2.51. The molecule has 142 valence electrons. The van der Waals surface area contributed by atoms with Crippen LogP contribution < -0.4 is 0 Å². The summed E-state index contributed by atoms with van der Waals surface area (Å²) < 4.78 is 7.52. The molecule has 0 radical (unpaired) electrons. The highest BCUT2D eigenvalue weighted by molar-refractivity contribution is 6.13. The molecule has 5 rings (SSSR count). The fourth-order valence-electron chi connectivity index (χ4n) is 5.64. The molecule has 1 saturated heterocycles. The van der Waals surface area contributed by atoms with Crippen LogP contribution >= 0.6 is 0 Å². The third-order valence-electron chi connectivity index (χ3n) is 6.78. The molecular formula is C22H26N2O3. The predicted molar refractivity (Wildman–Crippen MR) is 104 cm³/mol. The van der Waals surface area contributed by atoms with Crippen molar-refractivity contribution in [2.45, 2.75) is 38.6 Å². The van der Waals surface area contributed by atoms with Crippen LogP contribution in [0, 0.1) is 5.41 Å². The first kappa shape index (κ1) is 17.0. The number of carbonyl (C=O) groups excluding carboxylic acids is 1. The van der Waals surface area contributed by atoms with Crippen LogP contribution in [0.3, 0.4) is 0 Å². The van der Waals surface area contributed by atoms with Gasteiger partial charge in [-0.1, -0.05) is 25.1 Å². The Morgan fingerprint density at radius 1 is 1.33 bits per heavy atom. The normalized spacial score (nSPS) is 26.6. The molecule has 5 heteroatoms. The lowest BCUT2D eigenvalue weighted by Gasteiger charge is -2.53. The summed E-state index contributed by atoms with van der Waals surface area (Å²) in [7, 11) is 0.